The highest BCUT2D eigenvalue weighted by Crippen LogP contribution is 2.04. The van der Waals surface area contributed by atoms with Crippen molar-refractivity contribution in [1.82, 2.24) is 0 Å². The molecule has 0 fully saturated rings. The van der Waals surface area contributed by atoms with E-state index in [1.807, 2.05) is 6.92 Å². The van der Waals surface area contributed by atoms with Gasteiger partial charge in [0.25, 0.3) is 0 Å². The van der Waals surface area contributed by atoms with Crippen LogP contribution in [0.3, 0.4) is 0 Å². The Morgan fingerprint density at radius 2 is 2.42 bits per heavy atom. The maximum atomic E-state index is 11.1. The summed E-state index contributed by atoms with van der Waals surface area (Å²) in [6.45, 7) is 1.97. The van der Waals surface area contributed by atoms with E-state index in [1.54, 1.807) is 18.2 Å². The number of carbonyl (C=O) groups excluding carboxylic acids is 1. The van der Waals surface area contributed by atoms with Gasteiger partial charge >= 0.3 is 0 Å². The van der Waals surface area contributed by atoms with Crippen molar-refractivity contribution in [3.05, 3.63) is 30.3 Å². The minimum atomic E-state index is 0.0355. The van der Waals surface area contributed by atoms with Crippen LogP contribution >= 0.6 is 0 Å². The first kappa shape index (κ1) is 8.78. The number of amides is 1. The van der Waals surface area contributed by atoms with Gasteiger partial charge < -0.3 is 5.32 Å². The number of nitrogens with one attached hydrogen (secondary N) is 1. The first-order chi connectivity index (χ1) is 5.83. The van der Waals surface area contributed by atoms with Crippen LogP contribution in [0.4, 0.5) is 5.69 Å². The minimum Gasteiger partial charge on any atom is -0.325 e. The van der Waals surface area contributed by atoms with E-state index >= 15 is 0 Å². The third kappa shape index (κ3) is 2.74. The molecule has 1 N–H and O–H groups in total. The van der Waals surface area contributed by atoms with Gasteiger partial charge in [-0.2, -0.15) is 0 Å². The molecule has 1 rings (SSSR count). The molecule has 1 aromatic rings. The quantitative estimate of drug-likeness (QED) is 0.722. The van der Waals surface area contributed by atoms with Gasteiger partial charge in [-0.25, -0.2) is 0 Å². The average Bonchev–Trinajstić information content (AvgIpc) is 2.06. The van der Waals surface area contributed by atoms with Crippen molar-refractivity contribution >= 4 is 11.6 Å². The summed E-state index contributed by atoms with van der Waals surface area (Å²) in [6, 6.07) is 10.9. The fraction of sp³-hybridized carbons (Fsp3) is 0.300. The van der Waals surface area contributed by atoms with Crippen molar-refractivity contribution in [1.29, 1.82) is 0 Å². The van der Waals surface area contributed by atoms with Crippen molar-refractivity contribution in [2.24, 2.45) is 0 Å². The van der Waals surface area contributed by atoms with E-state index < -0.39 is 0 Å². The summed E-state index contributed by atoms with van der Waals surface area (Å²) in [5, 5.41) is 2.72. The Bertz CT molecular complexity index is 243. The number of rotatable bonds is 3. The number of anilines is 1. The Morgan fingerprint density at radius 3 is 3.00 bits per heavy atom. The standard InChI is InChI=1S/C10H11NO/c1-2-6-10(12)11-9-7-4-3-5-8-9/h3-4,8H,2,6H2,1H3,(H,11,12). The van der Waals surface area contributed by atoms with E-state index in [-0.39, 0.29) is 5.91 Å². The van der Waals surface area contributed by atoms with Gasteiger partial charge in [-0.1, -0.05) is 19.1 Å². The zero-order valence-corrected chi connectivity index (χ0v) is 7.05. The largest absolute Gasteiger partial charge is 0.325 e. The second-order valence-corrected chi connectivity index (χ2v) is 2.50. The summed E-state index contributed by atoms with van der Waals surface area (Å²) in [7, 11) is 0. The Kier molecular flexibility index (Phi) is 3.33. The van der Waals surface area contributed by atoms with E-state index in [1.165, 1.54) is 0 Å². The van der Waals surface area contributed by atoms with Crippen molar-refractivity contribution in [2.45, 2.75) is 19.8 Å². The Labute approximate surface area is 72.6 Å². The van der Waals surface area contributed by atoms with Crippen LogP contribution in [-0.2, 0) is 4.79 Å². The monoisotopic (exact) mass is 161 g/mol. The van der Waals surface area contributed by atoms with Gasteiger partial charge in [0, 0.05) is 18.2 Å². The van der Waals surface area contributed by atoms with E-state index in [2.05, 4.69) is 17.4 Å². The van der Waals surface area contributed by atoms with Gasteiger partial charge in [-0.05, 0) is 18.6 Å². The molecule has 0 aliphatic rings. The summed E-state index contributed by atoms with van der Waals surface area (Å²) in [6.07, 6.45) is 1.42. The van der Waals surface area contributed by atoms with Crippen LogP contribution in [0.1, 0.15) is 19.8 Å². The molecule has 0 aromatic heterocycles. The number of hydrogen-bond donors (Lipinski definition) is 1. The molecule has 0 bridgehead atoms. The predicted molar refractivity (Wildman–Crippen MR) is 47.7 cm³/mol. The predicted octanol–water partition coefficient (Wildman–Crippen LogP) is 2.03. The maximum Gasteiger partial charge on any atom is 0.224 e. The third-order valence-corrected chi connectivity index (χ3v) is 1.40. The van der Waals surface area contributed by atoms with E-state index in [4.69, 9.17) is 0 Å². The van der Waals surface area contributed by atoms with Gasteiger partial charge in [0.15, 0.2) is 0 Å². The van der Waals surface area contributed by atoms with Gasteiger partial charge in [0.1, 0.15) is 0 Å². The van der Waals surface area contributed by atoms with Crippen molar-refractivity contribution in [2.75, 3.05) is 5.32 Å². The molecule has 0 atom stereocenters. The molecule has 2 nitrogen and oxygen atoms in total. The highest BCUT2D eigenvalue weighted by atomic mass is 16.1. The molecule has 0 aliphatic carbocycles. The summed E-state index contributed by atoms with van der Waals surface area (Å²) in [5.74, 6) is 0.0355. The molecule has 0 unspecified atom stereocenters. The van der Waals surface area contributed by atoms with Crippen LogP contribution in [-0.4, -0.2) is 5.91 Å². The normalized spacial score (nSPS) is 9.42. The lowest BCUT2D eigenvalue weighted by Crippen LogP contribution is -2.10. The summed E-state index contributed by atoms with van der Waals surface area (Å²) in [4.78, 5) is 11.1. The van der Waals surface area contributed by atoms with Crippen molar-refractivity contribution < 1.29 is 4.79 Å². The smallest absolute Gasteiger partial charge is 0.224 e. The third-order valence-electron chi connectivity index (χ3n) is 1.40. The molecule has 2 heteroatoms. The zero-order chi connectivity index (χ0) is 8.81. The Morgan fingerprint density at radius 1 is 1.58 bits per heavy atom. The summed E-state index contributed by atoms with van der Waals surface area (Å²) < 4.78 is 0. The molecule has 0 saturated heterocycles. The van der Waals surface area contributed by atoms with Gasteiger partial charge in [0.05, 0.1) is 0 Å². The molecule has 62 valence electrons. The van der Waals surface area contributed by atoms with Crippen LogP contribution in [0.15, 0.2) is 18.2 Å². The molecule has 1 aromatic carbocycles. The Hall–Kier alpha value is -1.31. The van der Waals surface area contributed by atoms with E-state index in [9.17, 15) is 4.79 Å². The lowest BCUT2D eigenvalue weighted by Gasteiger charge is -2.01. The van der Waals surface area contributed by atoms with Crippen molar-refractivity contribution in [3.63, 3.8) is 0 Å². The summed E-state index contributed by atoms with van der Waals surface area (Å²) >= 11 is 0. The molecular weight excluding hydrogens is 150 g/mol. The minimum absolute atomic E-state index is 0.0355. The molecule has 0 saturated carbocycles. The second kappa shape index (κ2) is 4.54. The first-order valence-electron chi connectivity index (χ1n) is 4.00. The zero-order valence-electron chi connectivity index (χ0n) is 7.05. The lowest BCUT2D eigenvalue weighted by atomic mass is 10.3. The van der Waals surface area contributed by atoms with E-state index in [0.29, 0.717) is 12.1 Å². The van der Waals surface area contributed by atoms with Crippen molar-refractivity contribution in [3.8, 4) is 0 Å². The molecule has 12 heavy (non-hydrogen) atoms. The Balaban J connectivity index is 2.47. The maximum absolute atomic E-state index is 11.1. The van der Waals surface area contributed by atoms with Crippen LogP contribution in [0.5, 0.6) is 0 Å². The van der Waals surface area contributed by atoms with Gasteiger partial charge in [-0.3, -0.25) is 4.79 Å². The summed E-state index contributed by atoms with van der Waals surface area (Å²) in [5.41, 5.74) is 0.691. The van der Waals surface area contributed by atoms with Gasteiger partial charge in [-0.15, -0.1) is 0 Å². The lowest BCUT2D eigenvalue weighted by molar-refractivity contribution is -0.116. The highest BCUT2D eigenvalue weighted by Gasteiger charge is 1.98. The number of benzene rings is 1. The fourth-order valence-electron chi connectivity index (χ4n) is 0.865. The van der Waals surface area contributed by atoms with Crippen LogP contribution < -0.4 is 5.32 Å². The van der Waals surface area contributed by atoms with Crippen LogP contribution in [0.2, 0.25) is 0 Å². The van der Waals surface area contributed by atoms with E-state index in [0.717, 1.165) is 6.42 Å². The van der Waals surface area contributed by atoms with Crippen LogP contribution in [0, 0.1) is 12.1 Å². The average molecular weight is 161 g/mol. The molecule has 1 amide bonds. The SMILES string of the molecule is CCCC(=O)Nc1[c]cc[c]c1. The fourth-order valence-corrected chi connectivity index (χ4v) is 0.865. The molecule has 0 heterocycles. The molecular formula is C10H11NO. The second-order valence-electron chi connectivity index (χ2n) is 2.50. The first-order valence-corrected chi connectivity index (χ1v) is 4.00. The highest BCUT2D eigenvalue weighted by molar-refractivity contribution is 5.90. The topological polar surface area (TPSA) is 29.1 Å². The molecule has 0 spiro atoms. The molecule has 0 aliphatic heterocycles. The molecule has 2 radical (unpaired) electrons. The van der Waals surface area contributed by atoms with Crippen LogP contribution in [0.25, 0.3) is 0 Å². The number of carbonyl (C=O) groups is 1. The number of hydrogen-bond acceptors (Lipinski definition) is 1. The van der Waals surface area contributed by atoms with Gasteiger partial charge in [0.2, 0.25) is 5.91 Å².